The van der Waals surface area contributed by atoms with Gasteiger partial charge in [-0.05, 0) is 18.1 Å². The van der Waals surface area contributed by atoms with Gasteiger partial charge in [0.15, 0.2) is 0 Å². The van der Waals surface area contributed by atoms with Crippen LogP contribution in [0.25, 0.3) is 10.9 Å². The molecule has 0 spiro atoms. The number of hydrogen-bond donors (Lipinski definition) is 1. The molecule has 0 aliphatic heterocycles. The van der Waals surface area contributed by atoms with E-state index in [0.29, 0.717) is 0 Å². The Balaban J connectivity index is 2.01. The first-order valence-corrected chi connectivity index (χ1v) is 7.04. The van der Waals surface area contributed by atoms with Crippen molar-refractivity contribution >= 4 is 10.9 Å². The highest BCUT2D eigenvalue weighted by Gasteiger charge is 2.21. The van der Waals surface area contributed by atoms with E-state index in [2.05, 4.69) is 41.0 Å². The lowest BCUT2D eigenvalue weighted by Crippen LogP contribution is -2.25. The van der Waals surface area contributed by atoms with E-state index in [1.165, 1.54) is 0 Å². The molecule has 2 N–H and O–H groups in total. The second kappa shape index (κ2) is 5.47. The summed E-state index contributed by atoms with van der Waals surface area (Å²) in [6.45, 7) is 2.16. The third-order valence-corrected chi connectivity index (χ3v) is 3.84. The summed E-state index contributed by atoms with van der Waals surface area (Å²) < 4.78 is 2.06. The first-order chi connectivity index (χ1) is 9.81. The second-order valence-electron chi connectivity index (χ2n) is 5.06. The van der Waals surface area contributed by atoms with Crippen LogP contribution in [0.2, 0.25) is 0 Å². The van der Waals surface area contributed by atoms with Crippen LogP contribution in [0.3, 0.4) is 0 Å². The monoisotopic (exact) mass is 265 g/mol. The summed E-state index contributed by atoms with van der Waals surface area (Å²) in [7, 11) is 0. The van der Waals surface area contributed by atoms with E-state index in [0.717, 1.165) is 22.9 Å². The summed E-state index contributed by atoms with van der Waals surface area (Å²) in [5, 5.41) is 5.71. The zero-order valence-electron chi connectivity index (χ0n) is 11.6. The molecular formula is C17H19N3. The second-order valence-corrected chi connectivity index (χ2v) is 5.06. The molecule has 1 heterocycles. The van der Waals surface area contributed by atoms with Gasteiger partial charge in [-0.2, -0.15) is 5.10 Å². The first kappa shape index (κ1) is 12.9. The topological polar surface area (TPSA) is 43.8 Å². The number of fused-ring (bicyclic) bond motifs is 1. The molecule has 3 heteroatoms. The third kappa shape index (κ3) is 2.21. The Morgan fingerprint density at radius 3 is 2.50 bits per heavy atom. The van der Waals surface area contributed by atoms with E-state index in [4.69, 9.17) is 5.73 Å². The third-order valence-electron chi connectivity index (χ3n) is 3.84. The molecule has 0 bridgehead atoms. The highest BCUT2D eigenvalue weighted by atomic mass is 15.3. The summed E-state index contributed by atoms with van der Waals surface area (Å²) >= 11 is 0. The molecule has 3 nitrogen and oxygen atoms in total. The van der Waals surface area contributed by atoms with Gasteiger partial charge in [0.05, 0.1) is 23.8 Å². The van der Waals surface area contributed by atoms with Gasteiger partial charge in [-0.15, -0.1) is 0 Å². The number of hydrogen-bond acceptors (Lipinski definition) is 2. The Kier molecular flexibility index (Phi) is 3.52. The van der Waals surface area contributed by atoms with Gasteiger partial charge in [0, 0.05) is 5.39 Å². The van der Waals surface area contributed by atoms with E-state index in [9.17, 15) is 0 Å². The van der Waals surface area contributed by atoms with Gasteiger partial charge in [0.1, 0.15) is 0 Å². The van der Waals surface area contributed by atoms with Gasteiger partial charge in [-0.25, -0.2) is 0 Å². The highest BCUT2D eigenvalue weighted by Crippen LogP contribution is 2.29. The Bertz CT molecular complexity index is 688. The lowest BCUT2D eigenvalue weighted by atomic mass is 9.98. The number of aromatic nitrogens is 2. The maximum absolute atomic E-state index is 6.47. The summed E-state index contributed by atoms with van der Waals surface area (Å²) in [6.07, 6.45) is 2.86. The van der Waals surface area contributed by atoms with Crippen LogP contribution in [-0.2, 0) is 0 Å². The van der Waals surface area contributed by atoms with Crippen molar-refractivity contribution in [1.29, 1.82) is 0 Å². The fourth-order valence-corrected chi connectivity index (χ4v) is 2.73. The van der Waals surface area contributed by atoms with Crippen molar-refractivity contribution in [1.82, 2.24) is 9.78 Å². The number of nitrogens with two attached hydrogens (primary N) is 1. The van der Waals surface area contributed by atoms with Crippen molar-refractivity contribution in [2.75, 3.05) is 0 Å². The average molecular weight is 265 g/mol. The first-order valence-electron chi connectivity index (χ1n) is 7.04. The number of para-hydroxylation sites is 1. The van der Waals surface area contributed by atoms with Crippen LogP contribution >= 0.6 is 0 Å². The highest BCUT2D eigenvalue weighted by molar-refractivity contribution is 5.78. The molecule has 0 saturated heterocycles. The predicted octanol–water partition coefficient (Wildman–Crippen LogP) is 3.69. The number of nitrogens with zero attached hydrogens (tertiary/aromatic N) is 2. The van der Waals surface area contributed by atoms with Gasteiger partial charge < -0.3 is 5.73 Å². The number of rotatable bonds is 4. The van der Waals surface area contributed by atoms with Crippen molar-refractivity contribution in [2.45, 2.75) is 25.4 Å². The molecule has 102 valence electrons. The van der Waals surface area contributed by atoms with Crippen LogP contribution in [-0.4, -0.2) is 9.78 Å². The zero-order valence-corrected chi connectivity index (χ0v) is 11.6. The largest absolute Gasteiger partial charge is 0.322 e. The average Bonchev–Trinajstić information content (AvgIpc) is 2.93. The quantitative estimate of drug-likeness (QED) is 0.782. The van der Waals surface area contributed by atoms with Crippen molar-refractivity contribution in [3.8, 4) is 0 Å². The molecule has 0 fully saturated rings. The minimum absolute atomic E-state index is 0.0514. The Labute approximate surface area is 119 Å². The maximum Gasteiger partial charge on any atom is 0.0716 e. The lowest BCUT2D eigenvalue weighted by Gasteiger charge is -2.24. The molecule has 2 aromatic carbocycles. The van der Waals surface area contributed by atoms with Gasteiger partial charge in [-0.3, -0.25) is 4.68 Å². The molecule has 2 unspecified atom stereocenters. The Hall–Kier alpha value is -2.13. The van der Waals surface area contributed by atoms with Gasteiger partial charge >= 0.3 is 0 Å². The minimum atomic E-state index is -0.0514. The van der Waals surface area contributed by atoms with E-state index in [-0.39, 0.29) is 12.1 Å². The van der Waals surface area contributed by atoms with E-state index in [1.54, 1.807) is 0 Å². The van der Waals surface area contributed by atoms with E-state index < -0.39 is 0 Å². The Morgan fingerprint density at radius 2 is 1.75 bits per heavy atom. The van der Waals surface area contributed by atoms with Crippen molar-refractivity contribution < 1.29 is 0 Å². The molecular weight excluding hydrogens is 246 g/mol. The van der Waals surface area contributed by atoms with Crippen molar-refractivity contribution in [3.63, 3.8) is 0 Å². The molecule has 0 aliphatic rings. The summed E-state index contributed by atoms with van der Waals surface area (Å²) in [4.78, 5) is 0. The van der Waals surface area contributed by atoms with Gasteiger partial charge in [-0.1, -0.05) is 55.5 Å². The van der Waals surface area contributed by atoms with Gasteiger partial charge in [0.2, 0.25) is 0 Å². The summed E-state index contributed by atoms with van der Waals surface area (Å²) in [6, 6.07) is 18.6. The van der Waals surface area contributed by atoms with Crippen LogP contribution in [0.15, 0.2) is 60.8 Å². The standard InChI is InChI=1S/C17H19N3/c1-2-15(17(18)13-8-4-3-5-9-13)20-16-11-7-6-10-14(16)12-19-20/h3-12,15,17H,2,18H2,1H3. The van der Waals surface area contributed by atoms with Crippen LogP contribution in [0.4, 0.5) is 0 Å². The molecule has 2 atom stereocenters. The van der Waals surface area contributed by atoms with Crippen molar-refractivity contribution in [3.05, 3.63) is 66.4 Å². The molecule has 1 aromatic heterocycles. The predicted molar refractivity (Wildman–Crippen MR) is 82.4 cm³/mol. The fourth-order valence-electron chi connectivity index (χ4n) is 2.73. The van der Waals surface area contributed by atoms with E-state index >= 15 is 0 Å². The minimum Gasteiger partial charge on any atom is -0.322 e. The molecule has 3 aromatic rings. The number of benzene rings is 2. The van der Waals surface area contributed by atoms with Crippen LogP contribution < -0.4 is 5.73 Å². The lowest BCUT2D eigenvalue weighted by molar-refractivity contribution is 0.383. The van der Waals surface area contributed by atoms with Crippen LogP contribution in [0.1, 0.15) is 31.0 Å². The normalized spacial score (nSPS) is 14.3. The molecule has 3 rings (SSSR count). The molecule has 0 aliphatic carbocycles. The SMILES string of the molecule is CCC(C(N)c1ccccc1)n1ncc2ccccc21. The smallest absolute Gasteiger partial charge is 0.0716 e. The van der Waals surface area contributed by atoms with Crippen molar-refractivity contribution in [2.24, 2.45) is 5.73 Å². The fraction of sp³-hybridized carbons (Fsp3) is 0.235. The van der Waals surface area contributed by atoms with Gasteiger partial charge in [0.25, 0.3) is 0 Å². The molecule has 0 saturated carbocycles. The van der Waals surface area contributed by atoms with Crippen LogP contribution in [0, 0.1) is 0 Å². The molecule has 20 heavy (non-hydrogen) atoms. The molecule has 0 radical (unpaired) electrons. The maximum atomic E-state index is 6.47. The van der Waals surface area contributed by atoms with Crippen LogP contribution in [0.5, 0.6) is 0 Å². The molecule has 0 amide bonds. The summed E-state index contributed by atoms with van der Waals surface area (Å²) in [5.74, 6) is 0. The van der Waals surface area contributed by atoms with E-state index in [1.807, 2.05) is 36.5 Å². The Morgan fingerprint density at radius 1 is 1.05 bits per heavy atom. The zero-order chi connectivity index (χ0) is 13.9. The summed E-state index contributed by atoms with van der Waals surface area (Å²) in [5.41, 5.74) is 8.77.